The number of carbonyl (C=O) groups excluding carboxylic acids is 1. The van der Waals surface area contributed by atoms with Crippen molar-refractivity contribution in [3.05, 3.63) is 0 Å². The minimum absolute atomic E-state index is 0.00620. The zero-order chi connectivity index (χ0) is 27.3. The highest BCUT2D eigenvalue weighted by Crippen LogP contribution is 2.07. The largest absolute Gasteiger partial charge is 0.480 e. The van der Waals surface area contributed by atoms with Gasteiger partial charge in [0.2, 0.25) is 5.91 Å². The van der Waals surface area contributed by atoms with Gasteiger partial charge in [-0.25, -0.2) is 0 Å². The number of rotatable bonds is 12. The molecule has 0 aliphatic carbocycles. The molecule has 0 aromatic heterocycles. The van der Waals surface area contributed by atoms with Gasteiger partial charge in [0.1, 0.15) is 0 Å². The molecule has 0 atom stereocenters. The first-order chi connectivity index (χ1) is 16.8. The van der Waals surface area contributed by atoms with Crippen molar-refractivity contribution in [2.24, 2.45) is 11.8 Å². The lowest BCUT2D eigenvalue weighted by molar-refractivity contribution is -0.140. The van der Waals surface area contributed by atoms with Crippen LogP contribution in [-0.2, 0) is 19.2 Å². The highest BCUT2D eigenvalue weighted by molar-refractivity contribution is 5.78. The molecular formula is C24H45N5O7. The zero-order valence-electron chi connectivity index (χ0n) is 22.3. The van der Waals surface area contributed by atoms with Crippen molar-refractivity contribution in [2.75, 3.05) is 91.6 Å². The van der Waals surface area contributed by atoms with Crippen molar-refractivity contribution in [1.29, 1.82) is 0 Å². The molecule has 0 aromatic carbocycles. The molecule has 208 valence electrons. The molecule has 0 saturated carbocycles. The summed E-state index contributed by atoms with van der Waals surface area (Å²) in [6.07, 6.45) is 0. The monoisotopic (exact) mass is 515 g/mol. The number of carboxylic acids is 3. The van der Waals surface area contributed by atoms with E-state index >= 15 is 0 Å². The highest BCUT2D eigenvalue weighted by atomic mass is 16.4. The Labute approximate surface area is 214 Å². The molecule has 1 heterocycles. The number of carbonyl (C=O) groups is 4. The lowest BCUT2D eigenvalue weighted by Crippen LogP contribution is -2.50. The topological polar surface area (TPSA) is 145 Å². The lowest BCUT2D eigenvalue weighted by Gasteiger charge is -2.34. The van der Waals surface area contributed by atoms with Gasteiger partial charge < -0.3 is 20.2 Å². The number of nitrogens with zero attached hydrogens (tertiary/aromatic N) is 5. The van der Waals surface area contributed by atoms with E-state index in [0.29, 0.717) is 77.3 Å². The minimum atomic E-state index is -0.992. The van der Waals surface area contributed by atoms with E-state index in [1.54, 1.807) is 14.7 Å². The van der Waals surface area contributed by atoms with Crippen LogP contribution in [0.2, 0.25) is 0 Å². The van der Waals surface area contributed by atoms with Gasteiger partial charge in [-0.2, -0.15) is 0 Å². The molecule has 0 spiro atoms. The van der Waals surface area contributed by atoms with Crippen LogP contribution in [0.4, 0.5) is 0 Å². The summed E-state index contributed by atoms with van der Waals surface area (Å²) in [4.78, 5) is 56.4. The van der Waals surface area contributed by atoms with Crippen molar-refractivity contribution in [3.8, 4) is 0 Å². The van der Waals surface area contributed by atoms with Gasteiger partial charge in [0.25, 0.3) is 0 Å². The summed E-state index contributed by atoms with van der Waals surface area (Å²) >= 11 is 0. The van der Waals surface area contributed by atoms with Crippen LogP contribution < -0.4 is 0 Å². The Kier molecular flexibility index (Phi) is 14.5. The molecule has 1 amide bonds. The predicted octanol–water partition coefficient (Wildman–Crippen LogP) is -0.398. The van der Waals surface area contributed by atoms with Crippen LogP contribution in [0.5, 0.6) is 0 Å². The predicted molar refractivity (Wildman–Crippen MR) is 135 cm³/mol. The van der Waals surface area contributed by atoms with Gasteiger partial charge in [-0.15, -0.1) is 0 Å². The molecule has 3 N–H and O–H groups in total. The third kappa shape index (κ3) is 14.3. The second-order valence-corrected chi connectivity index (χ2v) is 10.4. The summed E-state index contributed by atoms with van der Waals surface area (Å²) in [5.74, 6) is -2.28. The van der Waals surface area contributed by atoms with Gasteiger partial charge in [-0.3, -0.25) is 38.8 Å². The highest BCUT2D eigenvalue weighted by Gasteiger charge is 2.23. The van der Waals surface area contributed by atoms with E-state index in [-0.39, 0.29) is 32.1 Å². The van der Waals surface area contributed by atoms with E-state index in [1.165, 1.54) is 0 Å². The molecule has 0 aromatic rings. The standard InChI is InChI=1S/C24H45N5O7/c1-19(2)13-29(14-20(3)4)21(30)15-25-5-7-26(16-22(31)32)9-11-28(18-24(35)36)12-10-27(8-6-25)17-23(33)34/h19-20H,5-18H2,1-4H3,(H,31,32)(H,33,34)(H,35,36). The number of aliphatic carboxylic acids is 3. The van der Waals surface area contributed by atoms with Gasteiger partial charge >= 0.3 is 17.9 Å². The second-order valence-electron chi connectivity index (χ2n) is 10.4. The molecule has 1 aliphatic rings. The van der Waals surface area contributed by atoms with Crippen LogP contribution in [0, 0.1) is 11.8 Å². The van der Waals surface area contributed by atoms with Crippen molar-refractivity contribution in [2.45, 2.75) is 27.7 Å². The maximum absolute atomic E-state index is 13.2. The van der Waals surface area contributed by atoms with E-state index in [2.05, 4.69) is 27.7 Å². The van der Waals surface area contributed by atoms with Gasteiger partial charge in [-0.1, -0.05) is 27.7 Å². The average molecular weight is 516 g/mol. The van der Waals surface area contributed by atoms with Gasteiger partial charge in [0.05, 0.1) is 26.2 Å². The molecule has 0 bridgehead atoms. The molecule has 1 fully saturated rings. The number of hydrogen-bond acceptors (Lipinski definition) is 8. The van der Waals surface area contributed by atoms with Crippen molar-refractivity contribution >= 4 is 23.8 Å². The Morgan fingerprint density at radius 3 is 1.03 bits per heavy atom. The molecule has 0 radical (unpaired) electrons. The summed E-state index contributed by atoms with van der Waals surface area (Å²) in [7, 11) is 0. The first-order valence-corrected chi connectivity index (χ1v) is 12.7. The van der Waals surface area contributed by atoms with Crippen LogP contribution in [0.3, 0.4) is 0 Å². The lowest BCUT2D eigenvalue weighted by atomic mass is 10.1. The fraction of sp³-hybridized carbons (Fsp3) is 0.833. The Hall–Kier alpha value is -2.28. The number of hydrogen-bond donors (Lipinski definition) is 3. The fourth-order valence-corrected chi connectivity index (χ4v) is 4.24. The van der Waals surface area contributed by atoms with Crippen LogP contribution in [0.1, 0.15) is 27.7 Å². The zero-order valence-corrected chi connectivity index (χ0v) is 22.3. The smallest absolute Gasteiger partial charge is 0.317 e. The summed E-state index contributed by atoms with van der Waals surface area (Å²) in [6, 6.07) is 0. The van der Waals surface area contributed by atoms with Crippen LogP contribution in [-0.4, -0.2) is 155 Å². The van der Waals surface area contributed by atoms with Gasteiger partial charge in [-0.05, 0) is 11.8 Å². The first-order valence-electron chi connectivity index (χ1n) is 12.7. The molecule has 1 aliphatic heterocycles. The Morgan fingerprint density at radius 2 is 0.806 bits per heavy atom. The van der Waals surface area contributed by atoms with Gasteiger partial charge in [0.15, 0.2) is 0 Å². The minimum Gasteiger partial charge on any atom is -0.480 e. The normalized spacial score (nSPS) is 18.1. The number of amides is 1. The molecule has 1 rings (SSSR count). The Bertz CT molecular complexity index is 677. The Morgan fingerprint density at radius 1 is 0.556 bits per heavy atom. The maximum Gasteiger partial charge on any atom is 0.317 e. The van der Waals surface area contributed by atoms with Crippen molar-refractivity contribution in [3.63, 3.8) is 0 Å². The first kappa shape index (κ1) is 31.7. The molecular weight excluding hydrogens is 470 g/mol. The van der Waals surface area contributed by atoms with E-state index in [9.17, 15) is 34.5 Å². The maximum atomic E-state index is 13.2. The van der Waals surface area contributed by atoms with Crippen molar-refractivity contribution < 1.29 is 34.5 Å². The van der Waals surface area contributed by atoms with Gasteiger partial charge in [0, 0.05) is 65.4 Å². The Balaban J connectivity index is 3.05. The van der Waals surface area contributed by atoms with Crippen LogP contribution >= 0.6 is 0 Å². The van der Waals surface area contributed by atoms with Crippen molar-refractivity contribution in [1.82, 2.24) is 24.5 Å². The third-order valence-corrected chi connectivity index (χ3v) is 5.89. The van der Waals surface area contributed by atoms with E-state index < -0.39 is 17.9 Å². The molecule has 12 heteroatoms. The van der Waals surface area contributed by atoms with Crippen LogP contribution in [0.15, 0.2) is 0 Å². The molecule has 0 unspecified atom stereocenters. The summed E-state index contributed by atoms with van der Waals surface area (Å²) in [5, 5.41) is 27.9. The molecule has 12 nitrogen and oxygen atoms in total. The summed E-state index contributed by atoms with van der Waals surface area (Å²) in [5.41, 5.74) is 0. The fourth-order valence-electron chi connectivity index (χ4n) is 4.24. The molecule has 36 heavy (non-hydrogen) atoms. The third-order valence-electron chi connectivity index (χ3n) is 5.89. The number of carboxylic acid groups (broad SMARTS) is 3. The van der Waals surface area contributed by atoms with E-state index in [4.69, 9.17) is 0 Å². The quantitative estimate of drug-likeness (QED) is 0.312. The SMILES string of the molecule is CC(C)CN(CC(C)C)C(=O)CN1CCN(CC(=O)O)CCN(CC(=O)O)CCN(CC(=O)O)CC1. The molecule has 1 saturated heterocycles. The summed E-state index contributed by atoms with van der Waals surface area (Å²) in [6.45, 7) is 12.3. The average Bonchev–Trinajstić information content (AvgIpc) is 2.73. The van der Waals surface area contributed by atoms with E-state index in [0.717, 1.165) is 0 Å². The van der Waals surface area contributed by atoms with Crippen LogP contribution in [0.25, 0.3) is 0 Å². The second kappa shape index (κ2) is 16.5. The summed E-state index contributed by atoms with van der Waals surface area (Å²) < 4.78 is 0. The van der Waals surface area contributed by atoms with E-state index in [1.807, 2.05) is 9.80 Å².